The molecule has 8 nitrogen and oxygen atoms in total. The smallest absolute Gasteiger partial charge is 0.341 e. The van der Waals surface area contributed by atoms with Crippen LogP contribution in [0.15, 0.2) is 29.2 Å². The van der Waals surface area contributed by atoms with Crippen LogP contribution in [-0.4, -0.2) is 40.2 Å². The van der Waals surface area contributed by atoms with E-state index in [1.165, 1.54) is 15.0 Å². The Morgan fingerprint density at radius 1 is 1.35 bits per heavy atom. The molecular formula is C18H20N4O4. The molecule has 0 radical (unpaired) electrons. The molecule has 0 unspecified atom stereocenters. The summed E-state index contributed by atoms with van der Waals surface area (Å²) < 4.78 is 13.1. The summed E-state index contributed by atoms with van der Waals surface area (Å²) in [6, 6.07) is 5.02. The molecule has 0 aliphatic heterocycles. The van der Waals surface area contributed by atoms with Crippen molar-refractivity contribution in [3.63, 3.8) is 0 Å². The number of carbonyl (C=O) groups excluding carboxylic acids is 1. The Balaban J connectivity index is 2.44. The molecule has 3 rings (SSSR count). The molecule has 0 aliphatic carbocycles. The summed E-state index contributed by atoms with van der Waals surface area (Å²) >= 11 is 0. The normalized spacial score (nSPS) is 11.2. The molecule has 0 bridgehead atoms. The molecule has 0 spiro atoms. The van der Waals surface area contributed by atoms with Crippen molar-refractivity contribution < 1.29 is 14.3 Å². The first-order chi connectivity index (χ1) is 12.5. The Morgan fingerprint density at radius 2 is 2.12 bits per heavy atom. The van der Waals surface area contributed by atoms with Crippen LogP contribution in [0, 0.1) is 12.3 Å². The molecule has 0 atom stereocenters. The number of carbonyl (C=O) groups is 1. The zero-order valence-electron chi connectivity index (χ0n) is 14.9. The highest BCUT2D eigenvalue weighted by Gasteiger charge is 2.18. The number of fused-ring (bicyclic) bond motifs is 2. The molecule has 3 heterocycles. The molecule has 0 aromatic carbocycles. The fourth-order valence-corrected chi connectivity index (χ4v) is 2.86. The Kier molecular flexibility index (Phi) is 4.85. The maximum absolute atomic E-state index is 13.0. The third-order valence-corrected chi connectivity index (χ3v) is 4.15. The summed E-state index contributed by atoms with van der Waals surface area (Å²) in [5.74, 6) is -0.640. The lowest BCUT2D eigenvalue weighted by molar-refractivity contribution is 0.0522. The summed E-state index contributed by atoms with van der Waals surface area (Å²) in [5.41, 5.74) is 1.37. The molecule has 3 aromatic rings. The van der Waals surface area contributed by atoms with E-state index in [0.717, 1.165) is 5.56 Å². The monoisotopic (exact) mass is 356 g/mol. The Hall–Kier alpha value is -3.00. The number of pyridine rings is 2. The highest BCUT2D eigenvalue weighted by atomic mass is 16.5. The van der Waals surface area contributed by atoms with E-state index in [1.54, 1.807) is 26.3 Å². The fourth-order valence-electron chi connectivity index (χ4n) is 2.86. The molecule has 0 amide bonds. The average molecular weight is 356 g/mol. The number of methoxy groups -OCH3 is 1. The molecule has 0 saturated carbocycles. The number of aromatic nitrogens is 3. The van der Waals surface area contributed by atoms with E-state index < -0.39 is 5.97 Å². The second kappa shape index (κ2) is 7.09. The maximum Gasteiger partial charge on any atom is 0.341 e. The molecule has 8 heteroatoms. The summed E-state index contributed by atoms with van der Waals surface area (Å²) in [6.45, 7) is 4.33. The molecule has 0 aliphatic rings. The largest absolute Gasteiger partial charge is 0.462 e. The lowest BCUT2D eigenvalue weighted by Crippen LogP contribution is -2.32. The standard InChI is InChI=1S/C18H20N4O4/c1-4-26-18(24)12-10-13-16(21(14(12)19)8-9-25-3)20-15-11(2)6-5-7-22(15)17(13)23/h5-7,10,19H,4,8-9H2,1-3H3. The van der Waals surface area contributed by atoms with Crippen molar-refractivity contribution >= 4 is 22.6 Å². The second-order valence-electron chi connectivity index (χ2n) is 5.81. The van der Waals surface area contributed by atoms with Crippen LogP contribution in [0.2, 0.25) is 0 Å². The van der Waals surface area contributed by atoms with E-state index in [-0.39, 0.29) is 35.1 Å². The van der Waals surface area contributed by atoms with Crippen molar-refractivity contribution in [1.29, 1.82) is 5.41 Å². The highest BCUT2D eigenvalue weighted by Crippen LogP contribution is 2.13. The van der Waals surface area contributed by atoms with Gasteiger partial charge in [-0.2, -0.15) is 0 Å². The molecule has 3 aromatic heterocycles. The van der Waals surface area contributed by atoms with Crippen LogP contribution >= 0.6 is 0 Å². The van der Waals surface area contributed by atoms with Gasteiger partial charge in [-0.15, -0.1) is 0 Å². The minimum Gasteiger partial charge on any atom is -0.462 e. The lowest BCUT2D eigenvalue weighted by Gasteiger charge is -2.14. The van der Waals surface area contributed by atoms with Gasteiger partial charge in [0.2, 0.25) is 0 Å². The summed E-state index contributed by atoms with van der Waals surface area (Å²) in [7, 11) is 1.55. The summed E-state index contributed by atoms with van der Waals surface area (Å²) in [5, 5.41) is 8.66. The first kappa shape index (κ1) is 17.8. The number of rotatable bonds is 5. The van der Waals surface area contributed by atoms with Crippen LogP contribution in [0.4, 0.5) is 0 Å². The van der Waals surface area contributed by atoms with E-state index in [2.05, 4.69) is 4.98 Å². The van der Waals surface area contributed by atoms with Crippen LogP contribution in [0.1, 0.15) is 22.8 Å². The third-order valence-electron chi connectivity index (χ3n) is 4.15. The highest BCUT2D eigenvalue weighted by molar-refractivity contribution is 5.93. The maximum atomic E-state index is 13.0. The van der Waals surface area contributed by atoms with Crippen molar-refractivity contribution in [3.8, 4) is 0 Å². The van der Waals surface area contributed by atoms with Crippen molar-refractivity contribution in [2.75, 3.05) is 20.3 Å². The van der Waals surface area contributed by atoms with E-state index in [1.807, 2.05) is 13.0 Å². The Morgan fingerprint density at radius 3 is 2.81 bits per heavy atom. The van der Waals surface area contributed by atoms with Gasteiger partial charge < -0.3 is 14.0 Å². The van der Waals surface area contributed by atoms with Crippen LogP contribution in [-0.2, 0) is 16.0 Å². The minimum absolute atomic E-state index is 0.0296. The quantitative estimate of drug-likeness (QED) is 0.548. The number of hydrogen-bond acceptors (Lipinski definition) is 6. The van der Waals surface area contributed by atoms with Gasteiger partial charge in [-0.25, -0.2) is 9.78 Å². The molecule has 0 fully saturated rings. The van der Waals surface area contributed by atoms with Gasteiger partial charge in [-0.3, -0.25) is 14.6 Å². The molecule has 26 heavy (non-hydrogen) atoms. The molecule has 1 N–H and O–H groups in total. The number of nitrogens with zero attached hydrogens (tertiary/aromatic N) is 3. The van der Waals surface area contributed by atoms with Crippen molar-refractivity contribution in [2.45, 2.75) is 20.4 Å². The predicted octanol–water partition coefficient (Wildman–Crippen LogP) is 1.26. The van der Waals surface area contributed by atoms with Gasteiger partial charge >= 0.3 is 5.97 Å². The Bertz CT molecular complexity index is 1110. The van der Waals surface area contributed by atoms with Gasteiger partial charge in [0, 0.05) is 19.9 Å². The van der Waals surface area contributed by atoms with Crippen LogP contribution in [0.5, 0.6) is 0 Å². The second-order valence-corrected chi connectivity index (χ2v) is 5.81. The van der Waals surface area contributed by atoms with Gasteiger partial charge in [-0.1, -0.05) is 6.07 Å². The Labute approximate surface area is 149 Å². The van der Waals surface area contributed by atoms with Gasteiger partial charge in [0.05, 0.1) is 18.6 Å². The SMILES string of the molecule is CCOC(=O)c1cc2c(=O)n3cccc(C)c3nc2n(CCOC)c1=N. The topological polar surface area (TPSA) is 98.7 Å². The van der Waals surface area contributed by atoms with Crippen molar-refractivity contribution in [3.05, 3.63) is 51.4 Å². The van der Waals surface area contributed by atoms with Crippen LogP contribution in [0.25, 0.3) is 16.7 Å². The number of aryl methyl sites for hydroxylation is 1. The first-order valence-electron chi connectivity index (χ1n) is 8.25. The number of nitrogens with one attached hydrogen (secondary N) is 1. The van der Waals surface area contributed by atoms with Gasteiger partial charge in [-0.05, 0) is 31.5 Å². The van der Waals surface area contributed by atoms with Crippen molar-refractivity contribution in [2.24, 2.45) is 0 Å². The third kappa shape index (κ3) is 2.88. The van der Waals surface area contributed by atoms with Gasteiger partial charge in [0.15, 0.2) is 0 Å². The van der Waals surface area contributed by atoms with Crippen molar-refractivity contribution in [1.82, 2.24) is 14.0 Å². The summed E-state index contributed by atoms with van der Waals surface area (Å²) in [6.07, 6.45) is 1.63. The van der Waals surface area contributed by atoms with Crippen LogP contribution in [0.3, 0.4) is 0 Å². The van der Waals surface area contributed by atoms with Gasteiger partial charge in [0.1, 0.15) is 22.3 Å². The number of esters is 1. The van der Waals surface area contributed by atoms with Gasteiger partial charge in [0.25, 0.3) is 5.56 Å². The zero-order valence-corrected chi connectivity index (χ0v) is 14.9. The fraction of sp³-hybridized carbons (Fsp3) is 0.333. The number of ether oxygens (including phenoxy) is 2. The molecule has 0 saturated heterocycles. The zero-order chi connectivity index (χ0) is 18.8. The molecule has 136 valence electrons. The van der Waals surface area contributed by atoms with E-state index in [4.69, 9.17) is 14.9 Å². The minimum atomic E-state index is -0.640. The number of hydrogen-bond donors (Lipinski definition) is 1. The van der Waals surface area contributed by atoms with E-state index in [0.29, 0.717) is 17.9 Å². The predicted molar refractivity (Wildman–Crippen MR) is 95.4 cm³/mol. The molecular weight excluding hydrogens is 336 g/mol. The van der Waals surface area contributed by atoms with E-state index in [9.17, 15) is 9.59 Å². The van der Waals surface area contributed by atoms with Crippen LogP contribution < -0.4 is 11.0 Å². The first-order valence-corrected chi connectivity index (χ1v) is 8.25. The lowest BCUT2D eigenvalue weighted by atomic mass is 10.2. The average Bonchev–Trinajstić information content (AvgIpc) is 2.62. The van der Waals surface area contributed by atoms with E-state index >= 15 is 0 Å². The summed E-state index contributed by atoms with van der Waals surface area (Å²) in [4.78, 5) is 29.8.